The number of nitrogens with one attached hydrogen (secondary N) is 2. The van der Waals surface area contributed by atoms with E-state index in [-0.39, 0.29) is 17.9 Å². The summed E-state index contributed by atoms with van der Waals surface area (Å²) in [6.07, 6.45) is -4.47. The molecule has 2 N–H and O–H groups in total. The second-order valence-corrected chi connectivity index (χ2v) is 3.19. The molecule has 0 saturated carbocycles. The smallest absolute Gasteiger partial charge is 0.291 e. The number of urea groups is 1. The Hall–Kier alpha value is -2.45. The highest BCUT2D eigenvalue weighted by Gasteiger charge is 2.32. The number of carbonyl (C=O) groups excluding carboxylic acids is 2. The molecular formula is C10H9F3N4O2. The molecule has 9 heteroatoms. The summed E-state index contributed by atoms with van der Waals surface area (Å²) in [6, 6.07) is 2.26. The van der Waals surface area contributed by atoms with Crippen molar-refractivity contribution in [2.45, 2.75) is 6.18 Å². The van der Waals surface area contributed by atoms with Crippen molar-refractivity contribution in [3.63, 3.8) is 0 Å². The van der Waals surface area contributed by atoms with Crippen molar-refractivity contribution < 1.29 is 22.8 Å². The second kappa shape index (κ2) is 5.94. The van der Waals surface area contributed by atoms with Crippen molar-refractivity contribution in [2.75, 3.05) is 7.05 Å². The molecule has 102 valence electrons. The number of amidine groups is 1. The number of aromatic nitrogens is 1. The highest BCUT2D eigenvalue weighted by atomic mass is 19.4. The lowest BCUT2D eigenvalue weighted by atomic mass is 10.2. The van der Waals surface area contributed by atoms with E-state index in [2.05, 4.69) is 15.3 Å². The molecule has 1 heterocycles. The molecule has 0 atom stereocenters. The van der Waals surface area contributed by atoms with Crippen LogP contribution < -0.4 is 10.6 Å². The number of rotatable bonds is 2. The van der Waals surface area contributed by atoms with E-state index >= 15 is 0 Å². The van der Waals surface area contributed by atoms with Crippen LogP contribution in [-0.2, 0) is 11.0 Å². The van der Waals surface area contributed by atoms with E-state index in [1.165, 1.54) is 13.1 Å². The second-order valence-electron chi connectivity index (χ2n) is 3.19. The van der Waals surface area contributed by atoms with E-state index in [0.717, 1.165) is 12.1 Å². The van der Waals surface area contributed by atoms with E-state index in [0.29, 0.717) is 0 Å². The molecule has 19 heavy (non-hydrogen) atoms. The summed E-state index contributed by atoms with van der Waals surface area (Å²) >= 11 is 0. The highest BCUT2D eigenvalue weighted by Crippen LogP contribution is 2.27. The fourth-order valence-corrected chi connectivity index (χ4v) is 1.16. The number of amides is 3. The van der Waals surface area contributed by atoms with Crippen molar-refractivity contribution in [3.05, 3.63) is 29.6 Å². The number of nitrogens with zero attached hydrogens (tertiary/aromatic N) is 2. The summed E-state index contributed by atoms with van der Waals surface area (Å²) in [5.41, 5.74) is -1.28. The SMILES string of the molecule is C/N=C(\NC(=O)NC=O)c1cccc(C(F)(F)F)n1. The average Bonchev–Trinajstić information content (AvgIpc) is 2.35. The molecule has 1 aromatic rings. The van der Waals surface area contributed by atoms with Gasteiger partial charge in [-0.2, -0.15) is 13.2 Å². The molecule has 0 aliphatic carbocycles. The van der Waals surface area contributed by atoms with E-state index < -0.39 is 17.9 Å². The third kappa shape index (κ3) is 4.05. The predicted octanol–water partition coefficient (Wildman–Crippen LogP) is 0.932. The van der Waals surface area contributed by atoms with Gasteiger partial charge < -0.3 is 0 Å². The molecule has 0 aliphatic rings. The zero-order valence-corrected chi connectivity index (χ0v) is 9.65. The number of halogens is 3. The molecular weight excluding hydrogens is 265 g/mol. The fraction of sp³-hybridized carbons (Fsp3) is 0.200. The van der Waals surface area contributed by atoms with Gasteiger partial charge in [-0.1, -0.05) is 6.07 Å². The summed E-state index contributed by atoms with van der Waals surface area (Å²) in [4.78, 5) is 28.1. The summed E-state index contributed by atoms with van der Waals surface area (Å²) in [7, 11) is 1.26. The van der Waals surface area contributed by atoms with Gasteiger partial charge in [-0.05, 0) is 12.1 Å². The van der Waals surface area contributed by atoms with Crippen LogP contribution in [0.2, 0.25) is 0 Å². The minimum absolute atomic E-state index is 0.127. The topological polar surface area (TPSA) is 83.5 Å². The first-order valence-corrected chi connectivity index (χ1v) is 4.91. The molecule has 0 saturated heterocycles. The van der Waals surface area contributed by atoms with Crippen LogP contribution in [-0.4, -0.2) is 30.3 Å². The van der Waals surface area contributed by atoms with Gasteiger partial charge in [0, 0.05) is 7.05 Å². The summed E-state index contributed by atoms with van der Waals surface area (Å²) in [6.45, 7) is 0. The molecule has 6 nitrogen and oxygen atoms in total. The first-order chi connectivity index (χ1) is 8.88. The van der Waals surface area contributed by atoms with Crippen LogP contribution in [0.4, 0.5) is 18.0 Å². The molecule has 3 amide bonds. The van der Waals surface area contributed by atoms with Crippen molar-refractivity contribution >= 4 is 18.3 Å². The first-order valence-electron chi connectivity index (χ1n) is 4.91. The summed E-state index contributed by atoms with van der Waals surface area (Å²) < 4.78 is 37.4. The Balaban J connectivity index is 3.00. The minimum Gasteiger partial charge on any atom is -0.291 e. The molecule has 0 spiro atoms. The van der Waals surface area contributed by atoms with Crippen LogP contribution in [0.15, 0.2) is 23.2 Å². The minimum atomic E-state index is -4.60. The standard InChI is InChI=1S/C10H9F3N4O2/c1-14-8(17-9(19)15-5-18)6-3-2-4-7(16-6)10(11,12)13/h2-5H,1H3,(H2,14,15,17,18,19). The van der Waals surface area contributed by atoms with Gasteiger partial charge in [0.2, 0.25) is 6.41 Å². The van der Waals surface area contributed by atoms with Crippen LogP contribution in [0.1, 0.15) is 11.4 Å². The maximum absolute atomic E-state index is 12.5. The van der Waals surface area contributed by atoms with Crippen molar-refractivity contribution in [1.82, 2.24) is 15.6 Å². The van der Waals surface area contributed by atoms with Gasteiger partial charge in [0.1, 0.15) is 11.4 Å². The number of imide groups is 1. The Labute approximate surface area is 105 Å². The lowest BCUT2D eigenvalue weighted by Gasteiger charge is -2.09. The van der Waals surface area contributed by atoms with Crippen LogP contribution in [0, 0.1) is 0 Å². The number of carbonyl (C=O) groups is 2. The molecule has 0 radical (unpaired) electrons. The quantitative estimate of drug-likeness (QED) is 0.478. The van der Waals surface area contributed by atoms with Crippen LogP contribution in [0.3, 0.4) is 0 Å². The summed E-state index contributed by atoms with van der Waals surface area (Å²) in [5.74, 6) is -0.189. The van der Waals surface area contributed by atoms with Gasteiger partial charge in [0.15, 0.2) is 5.84 Å². The average molecular weight is 274 g/mol. The Morgan fingerprint density at radius 3 is 2.63 bits per heavy atom. The Morgan fingerprint density at radius 1 is 1.42 bits per heavy atom. The van der Waals surface area contributed by atoms with Gasteiger partial charge in [-0.25, -0.2) is 9.78 Å². The van der Waals surface area contributed by atoms with Crippen LogP contribution >= 0.6 is 0 Å². The number of alkyl halides is 3. The third-order valence-electron chi connectivity index (χ3n) is 1.93. The van der Waals surface area contributed by atoms with Crippen LogP contribution in [0.5, 0.6) is 0 Å². The molecule has 0 bridgehead atoms. The first kappa shape index (κ1) is 14.6. The maximum atomic E-state index is 12.5. The fourth-order valence-electron chi connectivity index (χ4n) is 1.16. The van der Waals surface area contributed by atoms with Gasteiger partial charge in [0.05, 0.1) is 0 Å². The van der Waals surface area contributed by atoms with E-state index in [9.17, 15) is 22.8 Å². The lowest BCUT2D eigenvalue weighted by Crippen LogP contribution is -2.39. The zero-order valence-electron chi connectivity index (χ0n) is 9.65. The number of pyridine rings is 1. The normalized spacial score (nSPS) is 11.9. The lowest BCUT2D eigenvalue weighted by molar-refractivity contribution is -0.141. The van der Waals surface area contributed by atoms with Crippen molar-refractivity contribution in [3.8, 4) is 0 Å². The largest absolute Gasteiger partial charge is 0.433 e. The number of hydrogen-bond donors (Lipinski definition) is 2. The maximum Gasteiger partial charge on any atom is 0.433 e. The Morgan fingerprint density at radius 2 is 2.11 bits per heavy atom. The van der Waals surface area contributed by atoms with Gasteiger partial charge in [-0.15, -0.1) is 0 Å². The Bertz CT molecular complexity index is 514. The van der Waals surface area contributed by atoms with E-state index in [1.807, 2.05) is 0 Å². The predicted molar refractivity (Wildman–Crippen MR) is 59.4 cm³/mol. The Kier molecular flexibility index (Phi) is 4.56. The number of aliphatic imine (C=N–C) groups is 1. The van der Waals surface area contributed by atoms with E-state index in [1.54, 1.807) is 5.32 Å². The van der Waals surface area contributed by atoms with Gasteiger partial charge in [-0.3, -0.25) is 20.4 Å². The summed E-state index contributed by atoms with van der Waals surface area (Å²) in [5, 5.41) is 3.86. The molecule has 0 aliphatic heterocycles. The molecule has 0 unspecified atom stereocenters. The zero-order chi connectivity index (χ0) is 14.5. The van der Waals surface area contributed by atoms with Gasteiger partial charge >= 0.3 is 12.2 Å². The highest BCUT2D eigenvalue weighted by molar-refractivity contribution is 6.07. The molecule has 0 fully saturated rings. The molecule has 1 rings (SSSR count). The van der Waals surface area contributed by atoms with Crippen LogP contribution in [0.25, 0.3) is 0 Å². The molecule has 1 aromatic heterocycles. The van der Waals surface area contributed by atoms with Crippen molar-refractivity contribution in [1.29, 1.82) is 0 Å². The monoisotopic (exact) mass is 274 g/mol. The number of hydrogen-bond acceptors (Lipinski definition) is 4. The van der Waals surface area contributed by atoms with E-state index in [4.69, 9.17) is 0 Å². The molecule has 0 aromatic carbocycles. The van der Waals surface area contributed by atoms with Crippen molar-refractivity contribution in [2.24, 2.45) is 4.99 Å². The van der Waals surface area contributed by atoms with Gasteiger partial charge in [0.25, 0.3) is 0 Å². The third-order valence-corrected chi connectivity index (χ3v) is 1.93.